The maximum absolute atomic E-state index is 13.2. The molecule has 0 saturated carbocycles. The van der Waals surface area contributed by atoms with Gasteiger partial charge in [-0.25, -0.2) is 4.39 Å². The molecule has 0 atom stereocenters. The first kappa shape index (κ1) is 21.9. The minimum atomic E-state index is -0.509. The van der Waals surface area contributed by atoms with Crippen LogP contribution in [0.2, 0.25) is 5.02 Å². The van der Waals surface area contributed by atoms with E-state index < -0.39 is 5.82 Å². The first-order valence-electron chi connectivity index (χ1n) is 9.08. The van der Waals surface area contributed by atoms with Crippen LogP contribution in [0.3, 0.4) is 0 Å². The predicted octanol–water partition coefficient (Wildman–Crippen LogP) is 4.32. The largest absolute Gasteiger partial charge is 0.494 e. The van der Waals surface area contributed by atoms with Crippen LogP contribution in [0.4, 0.5) is 10.1 Å². The van der Waals surface area contributed by atoms with Crippen LogP contribution in [0, 0.1) is 5.82 Å². The molecular formula is C20H20ClFN4O3S. The molecule has 10 heteroatoms. The molecule has 0 unspecified atom stereocenters. The summed E-state index contributed by atoms with van der Waals surface area (Å²) in [7, 11) is 1.78. The summed E-state index contributed by atoms with van der Waals surface area (Å²) in [5.41, 5.74) is 0.689. The molecular weight excluding hydrogens is 431 g/mol. The SMILES string of the molecule is CCOc1ccc(NC(=O)CSc2nnc(COc3ccc(F)c(Cl)c3)n2C)cc1. The first-order valence-corrected chi connectivity index (χ1v) is 10.4. The molecule has 0 spiro atoms. The number of carbonyl (C=O) groups is 1. The number of halogens is 2. The van der Waals surface area contributed by atoms with Gasteiger partial charge in [0.15, 0.2) is 11.0 Å². The Hall–Kier alpha value is -2.78. The fourth-order valence-corrected chi connectivity index (χ4v) is 3.34. The van der Waals surface area contributed by atoms with Crippen LogP contribution < -0.4 is 14.8 Å². The van der Waals surface area contributed by atoms with Crippen molar-refractivity contribution in [2.75, 3.05) is 17.7 Å². The molecule has 0 saturated heterocycles. The smallest absolute Gasteiger partial charge is 0.234 e. The Labute approximate surface area is 182 Å². The Kier molecular flexibility index (Phi) is 7.53. The summed E-state index contributed by atoms with van der Waals surface area (Å²) >= 11 is 7.00. The summed E-state index contributed by atoms with van der Waals surface area (Å²) < 4.78 is 25.9. The Morgan fingerprint density at radius 1 is 1.17 bits per heavy atom. The van der Waals surface area contributed by atoms with Crippen LogP contribution in [0.5, 0.6) is 11.5 Å². The zero-order valence-corrected chi connectivity index (χ0v) is 18.0. The molecule has 2 aromatic carbocycles. The molecule has 0 bridgehead atoms. The molecule has 0 aliphatic carbocycles. The van der Waals surface area contributed by atoms with Crippen LogP contribution in [-0.2, 0) is 18.4 Å². The van der Waals surface area contributed by atoms with Crippen molar-refractivity contribution in [1.29, 1.82) is 0 Å². The fourth-order valence-electron chi connectivity index (χ4n) is 2.44. The molecule has 1 heterocycles. The van der Waals surface area contributed by atoms with E-state index in [4.69, 9.17) is 21.1 Å². The average molecular weight is 451 g/mol. The minimum Gasteiger partial charge on any atom is -0.494 e. The Bertz CT molecular complexity index is 1010. The van der Waals surface area contributed by atoms with Crippen LogP contribution in [0.25, 0.3) is 0 Å². The van der Waals surface area contributed by atoms with Gasteiger partial charge in [0.25, 0.3) is 0 Å². The van der Waals surface area contributed by atoms with Crippen LogP contribution in [-0.4, -0.2) is 33.0 Å². The van der Waals surface area contributed by atoms with Crippen molar-refractivity contribution in [1.82, 2.24) is 14.8 Å². The van der Waals surface area contributed by atoms with Gasteiger partial charge < -0.3 is 19.4 Å². The van der Waals surface area contributed by atoms with Gasteiger partial charge in [0.05, 0.1) is 17.4 Å². The van der Waals surface area contributed by atoms with Crippen LogP contribution >= 0.6 is 23.4 Å². The van der Waals surface area contributed by atoms with E-state index in [1.165, 1.54) is 30.0 Å². The van der Waals surface area contributed by atoms with E-state index in [0.717, 1.165) is 5.75 Å². The summed E-state index contributed by atoms with van der Waals surface area (Å²) in [5.74, 6) is 1.24. The molecule has 0 radical (unpaired) electrons. The van der Waals surface area contributed by atoms with E-state index in [0.29, 0.717) is 29.0 Å². The topological polar surface area (TPSA) is 78.3 Å². The second-order valence-corrected chi connectivity index (χ2v) is 7.47. The van der Waals surface area contributed by atoms with E-state index >= 15 is 0 Å². The summed E-state index contributed by atoms with van der Waals surface area (Å²) in [6.45, 7) is 2.63. The number of carbonyl (C=O) groups excluding carboxylic acids is 1. The highest BCUT2D eigenvalue weighted by molar-refractivity contribution is 7.99. The van der Waals surface area contributed by atoms with Crippen molar-refractivity contribution in [3.63, 3.8) is 0 Å². The van der Waals surface area contributed by atoms with Crippen molar-refractivity contribution in [2.45, 2.75) is 18.7 Å². The van der Waals surface area contributed by atoms with E-state index in [9.17, 15) is 9.18 Å². The van der Waals surface area contributed by atoms with E-state index in [-0.39, 0.29) is 23.3 Å². The average Bonchev–Trinajstić information content (AvgIpc) is 3.08. The molecule has 0 fully saturated rings. The van der Waals surface area contributed by atoms with Gasteiger partial charge in [-0.2, -0.15) is 0 Å². The third-order valence-electron chi connectivity index (χ3n) is 3.97. The molecule has 1 aromatic heterocycles. The number of nitrogens with one attached hydrogen (secondary N) is 1. The zero-order chi connectivity index (χ0) is 21.5. The van der Waals surface area contributed by atoms with Gasteiger partial charge in [-0.15, -0.1) is 10.2 Å². The van der Waals surface area contributed by atoms with Gasteiger partial charge in [-0.1, -0.05) is 23.4 Å². The van der Waals surface area contributed by atoms with Crippen LogP contribution in [0.15, 0.2) is 47.6 Å². The van der Waals surface area contributed by atoms with Crippen molar-refractivity contribution < 1.29 is 18.7 Å². The maximum atomic E-state index is 13.2. The number of nitrogens with zero attached hydrogens (tertiary/aromatic N) is 3. The first-order chi connectivity index (χ1) is 14.5. The fraction of sp³-hybridized carbons (Fsp3) is 0.250. The van der Waals surface area contributed by atoms with E-state index in [1.807, 2.05) is 6.92 Å². The third kappa shape index (κ3) is 5.87. The van der Waals surface area contributed by atoms with Gasteiger partial charge in [-0.3, -0.25) is 4.79 Å². The molecule has 7 nitrogen and oxygen atoms in total. The van der Waals surface area contributed by atoms with Gasteiger partial charge in [0.1, 0.15) is 23.9 Å². The van der Waals surface area contributed by atoms with Gasteiger partial charge >= 0.3 is 0 Å². The number of hydrogen-bond acceptors (Lipinski definition) is 6. The Morgan fingerprint density at radius 3 is 2.60 bits per heavy atom. The highest BCUT2D eigenvalue weighted by Crippen LogP contribution is 2.23. The lowest BCUT2D eigenvalue weighted by atomic mass is 10.3. The summed E-state index contributed by atoms with van der Waals surface area (Å²) in [5, 5.41) is 11.5. The van der Waals surface area contributed by atoms with E-state index in [1.54, 1.807) is 35.9 Å². The Balaban J connectivity index is 1.50. The van der Waals surface area contributed by atoms with Gasteiger partial charge in [0.2, 0.25) is 5.91 Å². The number of rotatable bonds is 9. The Morgan fingerprint density at radius 2 is 1.90 bits per heavy atom. The highest BCUT2D eigenvalue weighted by Gasteiger charge is 2.13. The molecule has 158 valence electrons. The molecule has 3 aromatic rings. The standard InChI is InChI=1S/C20H20ClFN4O3S/c1-3-28-14-6-4-13(5-7-14)23-19(27)12-30-20-25-24-18(26(20)2)11-29-15-8-9-17(22)16(21)10-15/h4-10H,3,11-12H2,1-2H3,(H,23,27). The number of benzene rings is 2. The molecule has 0 aliphatic heterocycles. The molecule has 0 aliphatic rings. The normalized spacial score (nSPS) is 10.7. The lowest BCUT2D eigenvalue weighted by Crippen LogP contribution is -2.14. The molecule has 1 amide bonds. The van der Waals surface area contributed by atoms with Crippen molar-refractivity contribution in [3.8, 4) is 11.5 Å². The number of anilines is 1. The number of thioether (sulfide) groups is 1. The number of aromatic nitrogens is 3. The number of ether oxygens (including phenoxy) is 2. The molecule has 1 N–H and O–H groups in total. The van der Waals surface area contributed by atoms with Crippen molar-refractivity contribution >= 4 is 35.0 Å². The molecule has 30 heavy (non-hydrogen) atoms. The van der Waals surface area contributed by atoms with Crippen molar-refractivity contribution in [3.05, 3.63) is 59.1 Å². The predicted molar refractivity (Wildman–Crippen MR) is 114 cm³/mol. The highest BCUT2D eigenvalue weighted by atomic mass is 35.5. The summed E-state index contributed by atoms with van der Waals surface area (Å²) in [4.78, 5) is 12.2. The number of hydrogen-bond donors (Lipinski definition) is 1. The lowest BCUT2D eigenvalue weighted by Gasteiger charge is -2.08. The van der Waals surface area contributed by atoms with Gasteiger partial charge in [-0.05, 0) is 43.3 Å². The molecule has 3 rings (SSSR count). The maximum Gasteiger partial charge on any atom is 0.234 e. The summed E-state index contributed by atoms with van der Waals surface area (Å²) in [6.07, 6.45) is 0. The lowest BCUT2D eigenvalue weighted by molar-refractivity contribution is -0.113. The van der Waals surface area contributed by atoms with Crippen LogP contribution in [0.1, 0.15) is 12.7 Å². The number of amides is 1. The minimum absolute atomic E-state index is 0.0137. The zero-order valence-electron chi connectivity index (χ0n) is 16.4. The van der Waals surface area contributed by atoms with Crippen molar-refractivity contribution in [2.24, 2.45) is 7.05 Å². The quantitative estimate of drug-likeness (QED) is 0.489. The van der Waals surface area contributed by atoms with E-state index in [2.05, 4.69) is 15.5 Å². The monoisotopic (exact) mass is 450 g/mol. The second-order valence-electron chi connectivity index (χ2n) is 6.12. The third-order valence-corrected chi connectivity index (χ3v) is 5.28. The van der Waals surface area contributed by atoms with Gasteiger partial charge in [0, 0.05) is 18.8 Å². The second kappa shape index (κ2) is 10.3. The summed E-state index contributed by atoms with van der Waals surface area (Å²) in [6, 6.07) is 11.3.